The Morgan fingerprint density at radius 2 is 1.96 bits per heavy atom. The maximum Gasteiger partial charge on any atom is 0.254 e. The monoisotopic (exact) mass is 374 g/mol. The van der Waals surface area contributed by atoms with E-state index < -0.39 is 0 Å². The Hall–Kier alpha value is -3.25. The minimum absolute atomic E-state index is 0.0469. The van der Waals surface area contributed by atoms with E-state index in [0.717, 1.165) is 33.6 Å². The molecule has 2 heterocycles. The highest BCUT2D eigenvalue weighted by Crippen LogP contribution is 2.38. The standard InChI is InChI=1S/C22H22N4O2/c1-13-4-3-5-17(10-13)20-18-11-26(14(2)19(18)24-22(23)25-20)21(28)16-8-6-15(12-27)7-9-16/h3-10,14,27H,11-12H2,1-2H3,(H2,23,24,25). The van der Waals surface area contributed by atoms with Crippen molar-refractivity contribution in [3.8, 4) is 11.3 Å². The van der Waals surface area contributed by atoms with Crippen LogP contribution in [0.2, 0.25) is 0 Å². The number of nitrogen functional groups attached to an aromatic ring is 1. The van der Waals surface area contributed by atoms with Gasteiger partial charge in [0, 0.05) is 16.7 Å². The third kappa shape index (κ3) is 3.12. The number of rotatable bonds is 3. The Balaban J connectivity index is 1.72. The summed E-state index contributed by atoms with van der Waals surface area (Å²) < 4.78 is 0. The van der Waals surface area contributed by atoms with Crippen molar-refractivity contribution in [3.63, 3.8) is 0 Å². The molecule has 6 nitrogen and oxygen atoms in total. The van der Waals surface area contributed by atoms with E-state index in [1.165, 1.54) is 0 Å². The van der Waals surface area contributed by atoms with Gasteiger partial charge in [0.1, 0.15) is 0 Å². The van der Waals surface area contributed by atoms with E-state index in [0.29, 0.717) is 12.1 Å². The molecule has 1 aliphatic heterocycles. The number of amides is 1. The Morgan fingerprint density at radius 3 is 2.64 bits per heavy atom. The van der Waals surface area contributed by atoms with E-state index in [4.69, 9.17) is 5.73 Å². The number of carbonyl (C=O) groups is 1. The van der Waals surface area contributed by atoms with Crippen LogP contribution in [0.5, 0.6) is 0 Å². The zero-order valence-electron chi connectivity index (χ0n) is 15.9. The molecule has 142 valence electrons. The number of hydrogen-bond donors (Lipinski definition) is 2. The third-order valence-corrected chi connectivity index (χ3v) is 5.18. The quantitative estimate of drug-likeness (QED) is 0.734. The van der Waals surface area contributed by atoms with Crippen molar-refractivity contribution in [1.29, 1.82) is 0 Å². The maximum absolute atomic E-state index is 13.1. The number of aliphatic hydroxyl groups is 1. The number of fused-ring (bicyclic) bond motifs is 1. The molecule has 1 unspecified atom stereocenters. The van der Waals surface area contributed by atoms with Crippen LogP contribution in [0.15, 0.2) is 48.5 Å². The normalized spacial score (nSPS) is 15.5. The molecule has 2 aromatic carbocycles. The molecule has 1 aromatic heterocycles. The van der Waals surface area contributed by atoms with Crippen LogP contribution in [0.1, 0.15) is 45.7 Å². The van der Waals surface area contributed by atoms with Gasteiger partial charge in [0.2, 0.25) is 5.95 Å². The molecule has 0 fully saturated rings. The Kier molecular flexibility index (Phi) is 4.57. The minimum Gasteiger partial charge on any atom is -0.392 e. The average Bonchev–Trinajstić information content (AvgIpc) is 3.03. The molecule has 0 radical (unpaired) electrons. The molecule has 0 aliphatic carbocycles. The number of carbonyl (C=O) groups excluding carboxylic acids is 1. The van der Waals surface area contributed by atoms with Gasteiger partial charge in [-0.15, -0.1) is 0 Å². The van der Waals surface area contributed by atoms with Gasteiger partial charge in [-0.2, -0.15) is 0 Å². The molecule has 3 aromatic rings. The van der Waals surface area contributed by atoms with Crippen molar-refractivity contribution in [2.75, 3.05) is 5.73 Å². The van der Waals surface area contributed by atoms with Crippen molar-refractivity contribution in [2.45, 2.75) is 33.0 Å². The van der Waals surface area contributed by atoms with Crippen LogP contribution in [-0.4, -0.2) is 25.9 Å². The van der Waals surface area contributed by atoms with E-state index >= 15 is 0 Å². The van der Waals surface area contributed by atoms with Crippen LogP contribution in [-0.2, 0) is 13.2 Å². The second-order valence-electron chi connectivity index (χ2n) is 7.13. The number of aryl methyl sites for hydroxylation is 1. The van der Waals surface area contributed by atoms with Crippen molar-refractivity contribution >= 4 is 11.9 Å². The molecule has 1 aliphatic rings. The number of benzene rings is 2. The molecule has 4 rings (SSSR count). The lowest BCUT2D eigenvalue weighted by atomic mass is 10.0. The second kappa shape index (κ2) is 7.05. The summed E-state index contributed by atoms with van der Waals surface area (Å²) in [4.78, 5) is 23.8. The first-order valence-corrected chi connectivity index (χ1v) is 9.22. The number of anilines is 1. The summed E-state index contributed by atoms with van der Waals surface area (Å²) in [6.07, 6.45) is 0. The smallest absolute Gasteiger partial charge is 0.254 e. The highest BCUT2D eigenvalue weighted by atomic mass is 16.3. The molecular weight excluding hydrogens is 352 g/mol. The fourth-order valence-electron chi connectivity index (χ4n) is 3.67. The van der Waals surface area contributed by atoms with Gasteiger partial charge in [0.25, 0.3) is 5.91 Å². The summed E-state index contributed by atoms with van der Waals surface area (Å²) in [6.45, 7) is 4.37. The van der Waals surface area contributed by atoms with Crippen LogP contribution in [0, 0.1) is 6.92 Å². The van der Waals surface area contributed by atoms with Gasteiger partial charge in [-0.3, -0.25) is 4.79 Å². The number of aromatic nitrogens is 2. The molecule has 0 saturated carbocycles. The molecule has 1 amide bonds. The van der Waals surface area contributed by atoms with Gasteiger partial charge in [-0.25, -0.2) is 9.97 Å². The predicted molar refractivity (Wildman–Crippen MR) is 107 cm³/mol. The van der Waals surface area contributed by atoms with Gasteiger partial charge in [0.05, 0.1) is 30.6 Å². The summed E-state index contributed by atoms with van der Waals surface area (Å²) in [5.41, 5.74) is 12.0. The molecule has 1 atom stereocenters. The Labute approximate surface area is 163 Å². The largest absolute Gasteiger partial charge is 0.392 e. The highest BCUT2D eigenvalue weighted by molar-refractivity contribution is 5.95. The van der Waals surface area contributed by atoms with Crippen molar-refractivity contribution < 1.29 is 9.90 Å². The first-order chi connectivity index (χ1) is 13.5. The highest BCUT2D eigenvalue weighted by Gasteiger charge is 2.35. The van der Waals surface area contributed by atoms with E-state index in [1.807, 2.05) is 32.0 Å². The molecule has 6 heteroatoms. The first kappa shape index (κ1) is 18.1. The van der Waals surface area contributed by atoms with Crippen LogP contribution in [0.4, 0.5) is 5.95 Å². The zero-order valence-corrected chi connectivity index (χ0v) is 15.9. The molecular formula is C22H22N4O2. The van der Waals surface area contributed by atoms with Gasteiger partial charge < -0.3 is 15.7 Å². The zero-order chi connectivity index (χ0) is 19.8. The summed E-state index contributed by atoms with van der Waals surface area (Å²) in [5, 5.41) is 9.20. The maximum atomic E-state index is 13.1. The van der Waals surface area contributed by atoms with Crippen LogP contribution < -0.4 is 5.73 Å². The summed E-state index contributed by atoms with van der Waals surface area (Å²) >= 11 is 0. The van der Waals surface area contributed by atoms with Crippen LogP contribution >= 0.6 is 0 Å². The van der Waals surface area contributed by atoms with Gasteiger partial charge in [-0.1, -0.05) is 35.9 Å². The lowest BCUT2D eigenvalue weighted by Gasteiger charge is -2.21. The molecule has 0 spiro atoms. The SMILES string of the molecule is Cc1cccc(-c2nc(N)nc3c2CN(C(=O)c2ccc(CO)cc2)C3C)c1. The fourth-order valence-corrected chi connectivity index (χ4v) is 3.67. The van der Waals surface area contributed by atoms with Crippen LogP contribution in [0.3, 0.4) is 0 Å². The number of nitrogens with two attached hydrogens (primary N) is 1. The van der Waals surface area contributed by atoms with E-state index in [-0.39, 0.29) is 24.5 Å². The molecule has 3 N–H and O–H groups in total. The summed E-state index contributed by atoms with van der Waals surface area (Å²) in [6, 6.07) is 14.9. The third-order valence-electron chi connectivity index (χ3n) is 5.18. The molecule has 28 heavy (non-hydrogen) atoms. The topological polar surface area (TPSA) is 92.3 Å². The lowest BCUT2D eigenvalue weighted by Crippen LogP contribution is -2.28. The number of aliphatic hydroxyl groups excluding tert-OH is 1. The summed E-state index contributed by atoms with van der Waals surface area (Å²) in [7, 11) is 0. The van der Waals surface area contributed by atoms with E-state index in [1.54, 1.807) is 29.2 Å². The number of nitrogens with zero attached hydrogens (tertiary/aromatic N) is 3. The summed E-state index contributed by atoms with van der Waals surface area (Å²) in [5.74, 6) is 0.132. The predicted octanol–water partition coefficient (Wildman–Crippen LogP) is 3.24. The minimum atomic E-state index is -0.200. The Bertz CT molecular complexity index is 1050. The van der Waals surface area contributed by atoms with Gasteiger partial charge >= 0.3 is 0 Å². The van der Waals surface area contributed by atoms with Crippen molar-refractivity contribution in [2.24, 2.45) is 0 Å². The van der Waals surface area contributed by atoms with E-state index in [9.17, 15) is 9.90 Å². The van der Waals surface area contributed by atoms with Crippen LogP contribution in [0.25, 0.3) is 11.3 Å². The fraction of sp³-hybridized carbons (Fsp3) is 0.227. The first-order valence-electron chi connectivity index (χ1n) is 9.22. The second-order valence-corrected chi connectivity index (χ2v) is 7.13. The molecule has 0 bridgehead atoms. The van der Waals surface area contributed by atoms with Crippen molar-refractivity contribution in [1.82, 2.24) is 14.9 Å². The van der Waals surface area contributed by atoms with E-state index in [2.05, 4.69) is 16.0 Å². The van der Waals surface area contributed by atoms with Gasteiger partial charge in [-0.05, 0) is 37.6 Å². The van der Waals surface area contributed by atoms with Gasteiger partial charge in [0.15, 0.2) is 0 Å². The Morgan fingerprint density at radius 1 is 1.21 bits per heavy atom. The number of hydrogen-bond acceptors (Lipinski definition) is 5. The molecule has 0 saturated heterocycles. The lowest BCUT2D eigenvalue weighted by molar-refractivity contribution is 0.0703. The van der Waals surface area contributed by atoms with Crippen molar-refractivity contribution in [3.05, 3.63) is 76.5 Å². The average molecular weight is 374 g/mol.